The van der Waals surface area contributed by atoms with Crippen LogP contribution in [0.25, 0.3) is 0 Å². The summed E-state index contributed by atoms with van der Waals surface area (Å²) in [6.45, 7) is 4.93. The Kier molecular flexibility index (Phi) is 6.41. The van der Waals surface area contributed by atoms with Crippen LogP contribution in [0.5, 0.6) is 0 Å². The van der Waals surface area contributed by atoms with Crippen LogP contribution >= 0.6 is 22.6 Å². The van der Waals surface area contributed by atoms with Crippen LogP contribution in [0.1, 0.15) is 33.1 Å². The molecule has 4 nitrogen and oxygen atoms in total. The minimum absolute atomic E-state index is 0.239. The van der Waals surface area contributed by atoms with Crippen LogP contribution in [0.15, 0.2) is 29.4 Å². The van der Waals surface area contributed by atoms with Crippen LogP contribution in [0.2, 0.25) is 0 Å². The van der Waals surface area contributed by atoms with Gasteiger partial charge in [-0.15, -0.1) is 0 Å². The topological polar surface area (TPSA) is 70.6 Å². The van der Waals surface area contributed by atoms with Crippen molar-refractivity contribution in [3.63, 3.8) is 0 Å². The second-order valence-corrected chi connectivity index (χ2v) is 6.51. The zero-order valence-corrected chi connectivity index (χ0v) is 13.6. The third kappa shape index (κ3) is 5.67. The summed E-state index contributed by atoms with van der Waals surface area (Å²) >= 11 is 2.30. The molecule has 0 amide bonds. The van der Waals surface area contributed by atoms with Gasteiger partial charge in [0.2, 0.25) is 0 Å². The van der Waals surface area contributed by atoms with E-state index in [-0.39, 0.29) is 5.41 Å². The second-order valence-electron chi connectivity index (χ2n) is 5.26. The first-order valence-corrected chi connectivity index (χ1v) is 7.51. The number of amidine groups is 1. The van der Waals surface area contributed by atoms with E-state index in [0.29, 0.717) is 5.84 Å². The number of unbranched alkanes of at least 4 members (excludes halogenated alkanes) is 1. The Labute approximate surface area is 128 Å². The number of rotatable bonds is 7. The summed E-state index contributed by atoms with van der Waals surface area (Å²) in [5, 5.41) is 15.2. The summed E-state index contributed by atoms with van der Waals surface area (Å²) in [4.78, 5) is 0. The Balaban J connectivity index is 2.25. The Morgan fingerprint density at radius 3 is 2.79 bits per heavy atom. The van der Waals surface area contributed by atoms with E-state index in [1.807, 2.05) is 19.9 Å². The molecule has 106 valence electrons. The highest BCUT2D eigenvalue weighted by Gasteiger charge is 2.22. The largest absolute Gasteiger partial charge is 0.409 e. The van der Waals surface area contributed by atoms with E-state index in [2.05, 4.69) is 51.3 Å². The maximum Gasteiger partial charge on any atom is 0.144 e. The predicted octanol–water partition coefficient (Wildman–Crippen LogP) is 3.65. The fraction of sp³-hybridized carbons (Fsp3) is 0.500. The van der Waals surface area contributed by atoms with Crippen LogP contribution in [-0.2, 0) is 0 Å². The van der Waals surface area contributed by atoms with Gasteiger partial charge in [0.1, 0.15) is 5.84 Å². The summed E-state index contributed by atoms with van der Waals surface area (Å²) in [6.07, 6.45) is 3.02. The molecule has 0 aliphatic carbocycles. The molecular formula is C14H22IN3O. The molecule has 5 heteroatoms. The molecule has 0 aliphatic rings. The fourth-order valence-electron chi connectivity index (χ4n) is 1.79. The Bertz CT molecular complexity index is 432. The van der Waals surface area contributed by atoms with Gasteiger partial charge < -0.3 is 16.3 Å². The molecule has 4 N–H and O–H groups in total. The summed E-state index contributed by atoms with van der Waals surface area (Å²) in [5.74, 6) is 0.304. The molecule has 0 fully saturated rings. The molecule has 0 radical (unpaired) electrons. The van der Waals surface area contributed by atoms with E-state index in [1.165, 1.54) is 3.57 Å². The molecule has 0 spiro atoms. The highest BCUT2D eigenvalue weighted by Crippen LogP contribution is 2.23. The predicted molar refractivity (Wildman–Crippen MR) is 88.7 cm³/mol. The maximum atomic E-state index is 8.70. The fourth-order valence-corrected chi connectivity index (χ4v) is 2.33. The van der Waals surface area contributed by atoms with Gasteiger partial charge in [-0.25, -0.2) is 0 Å². The van der Waals surface area contributed by atoms with Gasteiger partial charge in [-0.1, -0.05) is 31.5 Å². The van der Waals surface area contributed by atoms with Crippen molar-refractivity contribution in [1.29, 1.82) is 0 Å². The number of hydrogen-bond acceptors (Lipinski definition) is 3. The lowest BCUT2D eigenvalue weighted by atomic mass is 9.86. The molecule has 0 aliphatic heterocycles. The molecule has 1 rings (SSSR count). The monoisotopic (exact) mass is 375 g/mol. The van der Waals surface area contributed by atoms with Gasteiger partial charge in [-0.05, 0) is 53.6 Å². The van der Waals surface area contributed by atoms with Gasteiger partial charge in [0.15, 0.2) is 0 Å². The van der Waals surface area contributed by atoms with E-state index < -0.39 is 0 Å². The molecule has 19 heavy (non-hydrogen) atoms. The van der Waals surface area contributed by atoms with Crippen molar-refractivity contribution in [2.75, 3.05) is 11.9 Å². The number of oxime groups is 1. The molecular weight excluding hydrogens is 353 g/mol. The quantitative estimate of drug-likeness (QED) is 0.170. The van der Waals surface area contributed by atoms with Crippen LogP contribution in [0.3, 0.4) is 0 Å². The molecule has 1 aromatic carbocycles. The third-order valence-corrected chi connectivity index (χ3v) is 3.85. The lowest BCUT2D eigenvalue weighted by molar-refractivity contribution is 0.304. The minimum atomic E-state index is -0.239. The molecule has 0 saturated carbocycles. The highest BCUT2D eigenvalue weighted by molar-refractivity contribution is 14.1. The van der Waals surface area contributed by atoms with Gasteiger partial charge in [0.25, 0.3) is 0 Å². The number of anilines is 1. The molecule has 0 saturated heterocycles. The first-order valence-electron chi connectivity index (χ1n) is 6.43. The smallest absolute Gasteiger partial charge is 0.144 e. The summed E-state index contributed by atoms with van der Waals surface area (Å²) in [7, 11) is 0. The van der Waals surface area contributed by atoms with E-state index in [1.54, 1.807) is 0 Å². The highest BCUT2D eigenvalue weighted by atomic mass is 127. The molecule has 0 heterocycles. The van der Waals surface area contributed by atoms with Gasteiger partial charge in [0.05, 0.1) is 0 Å². The first-order chi connectivity index (χ1) is 8.95. The average Bonchev–Trinajstić information content (AvgIpc) is 2.37. The SMILES string of the molecule is CC(C)(CCCCNc1cccc(I)c1)/C(N)=N/O. The molecule has 0 unspecified atom stereocenters. The van der Waals surface area contributed by atoms with E-state index in [0.717, 1.165) is 31.5 Å². The molecule has 0 atom stereocenters. The second kappa shape index (κ2) is 7.57. The third-order valence-electron chi connectivity index (χ3n) is 3.18. The average molecular weight is 375 g/mol. The van der Waals surface area contributed by atoms with Gasteiger partial charge in [0, 0.05) is 21.2 Å². The van der Waals surface area contributed by atoms with Gasteiger partial charge >= 0.3 is 0 Å². The van der Waals surface area contributed by atoms with Crippen LogP contribution < -0.4 is 11.1 Å². The Morgan fingerprint density at radius 1 is 1.42 bits per heavy atom. The van der Waals surface area contributed by atoms with Crippen molar-refractivity contribution in [3.8, 4) is 0 Å². The van der Waals surface area contributed by atoms with Crippen LogP contribution in [-0.4, -0.2) is 17.6 Å². The van der Waals surface area contributed by atoms with Crippen LogP contribution in [0.4, 0.5) is 5.69 Å². The minimum Gasteiger partial charge on any atom is -0.409 e. The number of benzene rings is 1. The van der Waals surface area contributed by atoms with E-state index >= 15 is 0 Å². The number of nitrogens with two attached hydrogens (primary N) is 1. The van der Waals surface area contributed by atoms with Crippen molar-refractivity contribution in [3.05, 3.63) is 27.8 Å². The number of nitrogens with zero attached hydrogens (tertiary/aromatic N) is 1. The lowest BCUT2D eigenvalue weighted by Gasteiger charge is -2.22. The van der Waals surface area contributed by atoms with Crippen molar-refractivity contribution in [2.24, 2.45) is 16.3 Å². The first kappa shape index (κ1) is 16.1. The zero-order chi connectivity index (χ0) is 14.3. The van der Waals surface area contributed by atoms with E-state index in [9.17, 15) is 0 Å². The molecule has 0 bridgehead atoms. The number of halogens is 1. The standard InChI is InChI=1S/C14H22IN3O/c1-14(2,13(16)18-19)8-3-4-9-17-12-7-5-6-11(15)10-12/h5-7,10,17,19H,3-4,8-9H2,1-2H3,(H2,16,18). The van der Waals surface area contributed by atoms with Crippen molar-refractivity contribution >= 4 is 34.1 Å². The zero-order valence-electron chi connectivity index (χ0n) is 11.5. The summed E-state index contributed by atoms with van der Waals surface area (Å²) in [5.41, 5.74) is 6.57. The number of nitrogens with one attached hydrogen (secondary N) is 1. The maximum absolute atomic E-state index is 8.70. The van der Waals surface area contributed by atoms with Crippen molar-refractivity contribution in [2.45, 2.75) is 33.1 Å². The van der Waals surface area contributed by atoms with Gasteiger partial charge in [-0.3, -0.25) is 0 Å². The Hall–Kier alpha value is -0.980. The van der Waals surface area contributed by atoms with Crippen molar-refractivity contribution < 1.29 is 5.21 Å². The van der Waals surface area contributed by atoms with Crippen LogP contribution in [0, 0.1) is 8.99 Å². The van der Waals surface area contributed by atoms with Crippen molar-refractivity contribution in [1.82, 2.24) is 0 Å². The molecule has 0 aromatic heterocycles. The normalized spacial score (nSPS) is 12.5. The summed E-state index contributed by atoms with van der Waals surface area (Å²) < 4.78 is 1.23. The van der Waals surface area contributed by atoms with Gasteiger partial charge in [-0.2, -0.15) is 0 Å². The summed E-state index contributed by atoms with van der Waals surface area (Å²) in [6, 6.07) is 8.32. The number of hydrogen-bond donors (Lipinski definition) is 3. The molecule has 1 aromatic rings. The Morgan fingerprint density at radius 2 is 2.16 bits per heavy atom. The lowest BCUT2D eigenvalue weighted by Crippen LogP contribution is -2.31. The van der Waals surface area contributed by atoms with E-state index in [4.69, 9.17) is 10.9 Å².